The molecular weight excluding hydrogens is 294 g/mol. The molecule has 0 saturated heterocycles. The fourth-order valence-electron chi connectivity index (χ4n) is 3.32. The Hall–Kier alpha value is -1.70. The molecule has 2 nitrogen and oxygen atoms in total. The molecule has 1 aromatic rings. The van der Waals surface area contributed by atoms with E-state index in [1.807, 2.05) is 0 Å². The summed E-state index contributed by atoms with van der Waals surface area (Å²) in [4.78, 5) is 2.17. The molecule has 1 aromatic carbocycles. The lowest BCUT2D eigenvalue weighted by atomic mass is 9.80. The molecule has 0 heterocycles. The molecule has 0 N–H and O–H groups in total. The summed E-state index contributed by atoms with van der Waals surface area (Å²) in [6.45, 7) is 13.6. The van der Waals surface area contributed by atoms with Crippen molar-refractivity contribution in [1.29, 1.82) is 0 Å². The van der Waals surface area contributed by atoms with Crippen LogP contribution in [0.1, 0.15) is 59.1 Å². The first-order chi connectivity index (χ1) is 11.0. The molecule has 0 fully saturated rings. The van der Waals surface area contributed by atoms with Gasteiger partial charge in [0.1, 0.15) is 5.75 Å². The van der Waals surface area contributed by atoms with Crippen LogP contribution in [-0.4, -0.2) is 21.2 Å². The molecule has 132 valence electrons. The third-order valence-electron chi connectivity index (χ3n) is 4.73. The van der Waals surface area contributed by atoms with E-state index in [1.54, 1.807) is 7.11 Å². The normalized spacial score (nSPS) is 15.2. The predicted octanol–water partition coefficient (Wildman–Crippen LogP) is 5.82. The minimum Gasteiger partial charge on any atom is -0.496 e. The van der Waals surface area contributed by atoms with E-state index in [0.29, 0.717) is 0 Å². The van der Waals surface area contributed by atoms with E-state index in [0.717, 1.165) is 12.2 Å². The lowest BCUT2D eigenvalue weighted by Gasteiger charge is -2.29. The summed E-state index contributed by atoms with van der Waals surface area (Å²) in [5.41, 5.74) is 6.68. The van der Waals surface area contributed by atoms with Gasteiger partial charge in [0.15, 0.2) is 0 Å². The van der Waals surface area contributed by atoms with Gasteiger partial charge in [-0.25, -0.2) is 0 Å². The molecule has 0 spiro atoms. The number of allylic oxidation sites excluding steroid dienone is 4. The number of hydrogen-bond acceptors (Lipinski definition) is 2. The van der Waals surface area contributed by atoms with Gasteiger partial charge in [-0.05, 0) is 35.0 Å². The summed E-state index contributed by atoms with van der Waals surface area (Å²) < 4.78 is 5.92. The summed E-state index contributed by atoms with van der Waals surface area (Å²) >= 11 is 0. The average Bonchev–Trinajstić information content (AvgIpc) is 2.94. The summed E-state index contributed by atoms with van der Waals surface area (Å²) in [6, 6.07) is 4.53. The van der Waals surface area contributed by atoms with Gasteiger partial charge >= 0.3 is 0 Å². The number of benzene rings is 1. The Morgan fingerprint density at radius 3 is 2.04 bits per heavy atom. The van der Waals surface area contributed by atoms with Gasteiger partial charge in [-0.2, -0.15) is 0 Å². The minimum atomic E-state index is 0.0247. The lowest BCUT2D eigenvalue weighted by molar-refractivity contribution is 0.396. The summed E-state index contributed by atoms with van der Waals surface area (Å²) in [7, 11) is 5.99. The Morgan fingerprint density at radius 1 is 0.958 bits per heavy atom. The highest BCUT2D eigenvalue weighted by molar-refractivity contribution is 5.86. The molecule has 1 aliphatic carbocycles. The van der Waals surface area contributed by atoms with Crippen LogP contribution in [0, 0.1) is 5.41 Å². The third kappa shape index (κ3) is 3.53. The molecule has 0 unspecified atom stereocenters. The highest BCUT2D eigenvalue weighted by atomic mass is 16.5. The molecule has 0 amide bonds. The van der Waals surface area contributed by atoms with Gasteiger partial charge in [0, 0.05) is 30.9 Å². The molecule has 24 heavy (non-hydrogen) atoms. The fraction of sp³-hybridized carbons (Fsp3) is 0.545. The number of ether oxygens (including phenoxy) is 1. The molecule has 0 aromatic heterocycles. The van der Waals surface area contributed by atoms with Crippen LogP contribution in [-0.2, 0) is 5.41 Å². The molecule has 2 heteroatoms. The van der Waals surface area contributed by atoms with E-state index in [4.69, 9.17) is 4.74 Å². The Balaban J connectivity index is 2.82. The van der Waals surface area contributed by atoms with Crippen molar-refractivity contribution >= 4 is 11.3 Å². The van der Waals surface area contributed by atoms with Crippen molar-refractivity contribution in [3.05, 3.63) is 41.0 Å². The van der Waals surface area contributed by atoms with Crippen LogP contribution in [0.25, 0.3) is 5.57 Å². The average molecular weight is 328 g/mol. The first-order valence-electron chi connectivity index (χ1n) is 8.77. The molecule has 0 bridgehead atoms. The molecular formula is C22H33NO. The van der Waals surface area contributed by atoms with Crippen LogP contribution in [0.4, 0.5) is 5.69 Å². The summed E-state index contributed by atoms with van der Waals surface area (Å²) in [5, 5.41) is 0. The van der Waals surface area contributed by atoms with Gasteiger partial charge in [-0.15, -0.1) is 0 Å². The Morgan fingerprint density at radius 2 is 1.58 bits per heavy atom. The maximum absolute atomic E-state index is 5.92. The minimum absolute atomic E-state index is 0.0247. The van der Waals surface area contributed by atoms with Crippen LogP contribution in [0.15, 0.2) is 29.9 Å². The van der Waals surface area contributed by atoms with Crippen molar-refractivity contribution in [1.82, 2.24) is 0 Å². The Bertz CT molecular complexity index is 679. The largest absolute Gasteiger partial charge is 0.496 e. The lowest BCUT2D eigenvalue weighted by Crippen LogP contribution is -2.17. The SMILES string of the molecule is COc1c(C2=C(C(C)(C)C)CC=C2)cc(N(C)C)cc1C(C)(C)C. The highest BCUT2D eigenvalue weighted by Crippen LogP contribution is 2.46. The topological polar surface area (TPSA) is 12.5 Å². The molecule has 0 aliphatic heterocycles. The second-order valence-corrected chi connectivity index (χ2v) is 8.97. The quantitative estimate of drug-likeness (QED) is 0.693. The molecule has 0 atom stereocenters. The van der Waals surface area contributed by atoms with Crippen LogP contribution in [0.3, 0.4) is 0 Å². The zero-order valence-electron chi connectivity index (χ0n) is 16.9. The molecule has 2 rings (SSSR count). The van der Waals surface area contributed by atoms with Crippen molar-refractivity contribution in [3.63, 3.8) is 0 Å². The van der Waals surface area contributed by atoms with Gasteiger partial charge in [0.05, 0.1) is 7.11 Å². The molecule has 0 radical (unpaired) electrons. The van der Waals surface area contributed by atoms with Gasteiger partial charge in [-0.1, -0.05) is 59.3 Å². The van der Waals surface area contributed by atoms with Crippen molar-refractivity contribution in [2.45, 2.75) is 53.4 Å². The van der Waals surface area contributed by atoms with E-state index in [1.165, 1.54) is 28.0 Å². The van der Waals surface area contributed by atoms with Crippen LogP contribution in [0.5, 0.6) is 5.75 Å². The zero-order chi connectivity index (χ0) is 18.3. The van der Waals surface area contributed by atoms with Crippen LogP contribution >= 0.6 is 0 Å². The number of methoxy groups -OCH3 is 1. The van der Waals surface area contributed by atoms with E-state index in [2.05, 4.69) is 84.8 Å². The molecule has 0 saturated carbocycles. The van der Waals surface area contributed by atoms with E-state index >= 15 is 0 Å². The number of anilines is 1. The van der Waals surface area contributed by atoms with Crippen molar-refractivity contribution in [2.75, 3.05) is 26.1 Å². The van der Waals surface area contributed by atoms with Gasteiger partial charge < -0.3 is 9.64 Å². The van der Waals surface area contributed by atoms with Gasteiger partial charge in [0.25, 0.3) is 0 Å². The van der Waals surface area contributed by atoms with Gasteiger partial charge in [0.2, 0.25) is 0 Å². The van der Waals surface area contributed by atoms with Crippen molar-refractivity contribution < 1.29 is 4.74 Å². The highest BCUT2D eigenvalue weighted by Gasteiger charge is 2.28. The maximum atomic E-state index is 5.92. The van der Waals surface area contributed by atoms with E-state index < -0.39 is 0 Å². The van der Waals surface area contributed by atoms with Crippen LogP contribution in [0.2, 0.25) is 0 Å². The number of rotatable bonds is 3. The number of hydrogen-bond donors (Lipinski definition) is 0. The number of nitrogens with zero attached hydrogens (tertiary/aromatic N) is 1. The molecule has 1 aliphatic rings. The van der Waals surface area contributed by atoms with Crippen molar-refractivity contribution in [3.8, 4) is 5.75 Å². The monoisotopic (exact) mass is 327 g/mol. The fourth-order valence-corrected chi connectivity index (χ4v) is 3.32. The zero-order valence-corrected chi connectivity index (χ0v) is 16.9. The smallest absolute Gasteiger partial charge is 0.130 e. The Labute approximate surface area is 148 Å². The van der Waals surface area contributed by atoms with Crippen molar-refractivity contribution in [2.24, 2.45) is 5.41 Å². The van der Waals surface area contributed by atoms with Crippen LogP contribution < -0.4 is 9.64 Å². The first-order valence-corrected chi connectivity index (χ1v) is 8.77. The predicted molar refractivity (Wildman–Crippen MR) is 106 cm³/mol. The first kappa shape index (κ1) is 18.6. The summed E-state index contributed by atoms with van der Waals surface area (Å²) in [5.74, 6) is 1.01. The van der Waals surface area contributed by atoms with Gasteiger partial charge in [-0.3, -0.25) is 0 Å². The second kappa shape index (κ2) is 6.31. The second-order valence-electron chi connectivity index (χ2n) is 8.97. The maximum Gasteiger partial charge on any atom is 0.130 e. The third-order valence-corrected chi connectivity index (χ3v) is 4.73. The standard InChI is InChI=1S/C22H33NO/c1-21(2,3)18-12-10-11-16(18)17-13-15(23(7)8)14-19(20(17)24-9)22(4,5)6/h10-11,13-14H,12H2,1-9H3. The summed E-state index contributed by atoms with van der Waals surface area (Å²) in [6.07, 6.45) is 5.57. The van der Waals surface area contributed by atoms with E-state index in [-0.39, 0.29) is 10.8 Å². The van der Waals surface area contributed by atoms with E-state index in [9.17, 15) is 0 Å². The Kier molecular flexibility index (Phi) is 4.90.